The second-order valence-electron chi connectivity index (χ2n) is 5.18. The molecule has 0 unspecified atom stereocenters. The highest BCUT2D eigenvalue weighted by Crippen LogP contribution is 2.27. The Bertz CT molecular complexity index is 904. The van der Waals surface area contributed by atoms with Crippen molar-refractivity contribution in [1.82, 2.24) is 15.0 Å². The SMILES string of the molecule is Cc1cc(Nc2ncc(C(=O)Nc3c(Cl)ccnc3C)s2)cc(Cl)n1. The predicted molar refractivity (Wildman–Crippen MR) is 101 cm³/mol. The van der Waals surface area contributed by atoms with Crippen LogP contribution in [0.2, 0.25) is 10.2 Å². The molecule has 3 aromatic rings. The molecule has 0 aliphatic rings. The molecule has 128 valence electrons. The minimum absolute atomic E-state index is 0.299. The van der Waals surface area contributed by atoms with Crippen molar-refractivity contribution >= 4 is 57.0 Å². The van der Waals surface area contributed by atoms with Gasteiger partial charge < -0.3 is 10.6 Å². The fraction of sp³-hybridized carbons (Fsp3) is 0.125. The highest BCUT2D eigenvalue weighted by atomic mass is 35.5. The van der Waals surface area contributed by atoms with Crippen LogP contribution in [0.15, 0.2) is 30.6 Å². The molecule has 0 aliphatic heterocycles. The van der Waals surface area contributed by atoms with Crippen LogP contribution in [0.3, 0.4) is 0 Å². The zero-order chi connectivity index (χ0) is 18.0. The molecule has 3 aromatic heterocycles. The lowest BCUT2D eigenvalue weighted by Crippen LogP contribution is -2.12. The smallest absolute Gasteiger partial charge is 0.267 e. The van der Waals surface area contributed by atoms with Crippen molar-refractivity contribution in [1.29, 1.82) is 0 Å². The number of aryl methyl sites for hydroxylation is 2. The van der Waals surface area contributed by atoms with Crippen molar-refractivity contribution in [2.75, 3.05) is 10.6 Å². The Morgan fingerprint density at radius 2 is 2.00 bits per heavy atom. The Hall–Kier alpha value is -2.22. The molecule has 1 amide bonds. The van der Waals surface area contributed by atoms with Crippen LogP contribution in [0.1, 0.15) is 21.1 Å². The maximum Gasteiger partial charge on any atom is 0.267 e. The Kier molecular flexibility index (Phi) is 5.17. The number of carbonyl (C=O) groups is 1. The molecular weight excluding hydrogens is 381 g/mol. The van der Waals surface area contributed by atoms with Gasteiger partial charge in [0.05, 0.1) is 22.6 Å². The third-order valence-corrected chi connectivity index (χ3v) is 4.65. The van der Waals surface area contributed by atoms with Crippen LogP contribution < -0.4 is 10.6 Å². The summed E-state index contributed by atoms with van der Waals surface area (Å²) in [5, 5.41) is 7.27. The van der Waals surface area contributed by atoms with Gasteiger partial charge in [-0.05, 0) is 32.0 Å². The van der Waals surface area contributed by atoms with E-state index in [0.717, 1.165) is 11.4 Å². The van der Waals surface area contributed by atoms with Crippen LogP contribution in [0.4, 0.5) is 16.5 Å². The van der Waals surface area contributed by atoms with Gasteiger partial charge in [-0.3, -0.25) is 9.78 Å². The fourth-order valence-electron chi connectivity index (χ4n) is 2.12. The molecule has 0 fully saturated rings. The van der Waals surface area contributed by atoms with E-state index in [2.05, 4.69) is 25.6 Å². The summed E-state index contributed by atoms with van der Waals surface area (Å²) in [4.78, 5) is 25.3. The van der Waals surface area contributed by atoms with E-state index >= 15 is 0 Å². The first-order valence-electron chi connectivity index (χ1n) is 7.22. The minimum Gasteiger partial charge on any atom is -0.331 e. The molecule has 0 bridgehead atoms. The molecule has 9 heteroatoms. The number of carbonyl (C=O) groups excluding carboxylic acids is 1. The molecule has 0 saturated carbocycles. The molecule has 6 nitrogen and oxygen atoms in total. The quantitative estimate of drug-likeness (QED) is 0.619. The van der Waals surface area contributed by atoms with Crippen LogP contribution >= 0.6 is 34.5 Å². The second-order valence-corrected chi connectivity index (χ2v) is 7.01. The van der Waals surface area contributed by atoms with Gasteiger partial charge in [0.2, 0.25) is 0 Å². The molecule has 0 aliphatic carbocycles. The summed E-state index contributed by atoms with van der Waals surface area (Å²) in [6, 6.07) is 5.15. The van der Waals surface area contributed by atoms with Gasteiger partial charge >= 0.3 is 0 Å². The average molecular weight is 394 g/mol. The molecule has 0 aromatic carbocycles. The lowest BCUT2D eigenvalue weighted by atomic mass is 10.3. The van der Waals surface area contributed by atoms with E-state index in [-0.39, 0.29) is 5.91 Å². The standard InChI is InChI=1S/C16H13Cl2N5OS/c1-8-5-10(6-13(18)21-8)22-16-20-7-12(25-16)15(24)23-14-9(2)19-4-3-11(14)17/h3-7H,1-2H3,(H,23,24)(H,20,21,22). The number of anilines is 3. The summed E-state index contributed by atoms with van der Waals surface area (Å²) < 4.78 is 0. The number of aromatic nitrogens is 3. The largest absolute Gasteiger partial charge is 0.331 e. The number of hydrogen-bond acceptors (Lipinski definition) is 6. The molecule has 0 saturated heterocycles. The lowest BCUT2D eigenvalue weighted by Gasteiger charge is -2.08. The lowest BCUT2D eigenvalue weighted by molar-refractivity contribution is 0.103. The van der Waals surface area contributed by atoms with Crippen molar-refractivity contribution in [2.24, 2.45) is 0 Å². The van der Waals surface area contributed by atoms with Gasteiger partial charge in [0, 0.05) is 17.6 Å². The maximum atomic E-state index is 12.4. The van der Waals surface area contributed by atoms with E-state index in [9.17, 15) is 4.79 Å². The molecule has 0 spiro atoms. The molecule has 3 heterocycles. The van der Waals surface area contributed by atoms with Crippen LogP contribution in [0.5, 0.6) is 0 Å². The van der Waals surface area contributed by atoms with Crippen molar-refractivity contribution in [2.45, 2.75) is 13.8 Å². The topological polar surface area (TPSA) is 79.8 Å². The molecule has 25 heavy (non-hydrogen) atoms. The zero-order valence-corrected chi connectivity index (χ0v) is 15.6. The van der Waals surface area contributed by atoms with Gasteiger partial charge in [0.1, 0.15) is 10.0 Å². The number of nitrogens with zero attached hydrogens (tertiary/aromatic N) is 3. The Labute approximate surface area is 158 Å². The highest BCUT2D eigenvalue weighted by Gasteiger charge is 2.14. The first kappa shape index (κ1) is 17.6. The van der Waals surface area contributed by atoms with Gasteiger partial charge in [-0.25, -0.2) is 9.97 Å². The number of nitrogens with one attached hydrogen (secondary N) is 2. The monoisotopic (exact) mass is 393 g/mol. The van der Waals surface area contributed by atoms with Gasteiger partial charge in [0.25, 0.3) is 5.91 Å². The third kappa shape index (κ3) is 4.25. The number of amides is 1. The summed E-state index contributed by atoms with van der Waals surface area (Å²) in [5.74, 6) is -0.299. The van der Waals surface area contributed by atoms with Crippen molar-refractivity contribution in [3.05, 3.63) is 57.0 Å². The summed E-state index contributed by atoms with van der Waals surface area (Å²) >= 11 is 13.3. The third-order valence-electron chi connectivity index (χ3n) is 3.23. The van der Waals surface area contributed by atoms with Gasteiger partial charge in [-0.2, -0.15) is 0 Å². The van der Waals surface area contributed by atoms with E-state index in [1.807, 2.05) is 13.0 Å². The Morgan fingerprint density at radius 1 is 1.20 bits per heavy atom. The van der Waals surface area contributed by atoms with Gasteiger partial charge in [-0.1, -0.05) is 34.5 Å². The predicted octanol–water partition coefficient (Wildman–Crippen LogP) is 4.85. The summed E-state index contributed by atoms with van der Waals surface area (Å²) in [5.41, 5.74) is 2.68. The average Bonchev–Trinajstić information content (AvgIpc) is 2.98. The van der Waals surface area contributed by atoms with E-state index in [1.165, 1.54) is 17.5 Å². The second kappa shape index (κ2) is 7.35. The van der Waals surface area contributed by atoms with Crippen molar-refractivity contribution in [3.8, 4) is 0 Å². The number of pyridine rings is 2. The molecular formula is C16H13Cl2N5OS. The van der Waals surface area contributed by atoms with Gasteiger partial charge in [-0.15, -0.1) is 0 Å². The molecule has 0 radical (unpaired) electrons. The number of thiazole rings is 1. The first-order valence-corrected chi connectivity index (χ1v) is 8.79. The number of rotatable bonds is 4. The summed E-state index contributed by atoms with van der Waals surface area (Å²) in [6.07, 6.45) is 3.08. The van der Waals surface area contributed by atoms with Gasteiger partial charge in [0.15, 0.2) is 5.13 Å². The molecule has 0 atom stereocenters. The maximum absolute atomic E-state index is 12.4. The van der Waals surface area contributed by atoms with Crippen LogP contribution in [-0.2, 0) is 0 Å². The first-order chi connectivity index (χ1) is 11.9. The number of hydrogen-bond donors (Lipinski definition) is 2. The van der Waals surface area contributed by atoms with Crippen LogP contribution in [0, 0.1) is 13.8 Å². The van der Waals surface area contributed by atoms with Crippen LogP contribution in [-0.4, -0.2) is 20.9 Å². The Balaban J connectivity index is 1.75. The summed E-state index contributed by atoms with van der Waals surface area (Å²) in [6.45, 7) is 3.62. The van der Waals surface area contributed by atoms with E-state index in [0.29, 0.717) is 31.6 Å². The molecule has 2 N–H and O–H groups in total. The normalized spacial score (nSPS) is 10.6. The fourth-order valence-corrected chi connectivity index (χ4v) is 3.34. The van der Waals surface area contributed by atoms with E-state index < -0.39 is 0 Å². The van der Waals surface area contributed by atoms with E-state index in [4.69, 9.17) is 23.2 Å². The Morgan fingerprint density at radius 3 is 2.72 bits per heavy atom. The zero-order valence-electron chi connectivity index (χ0n) is 13.3. The van der Waals surface area contributed by atoms with Crippen LogP contribution in [0.25, 0.3) is 0 Å². The highest BCUT2D eigenvalue weighted by molar-refractivity contribution is 7.17. The summed E-state index contributed by atoms with van der Waals surface area (Å²) in [7, 11) is 0. The number of halogens is 2. The molecule has 3 rings (SSSR count). The van der Waals surface area contributed by atoms with Crippen molar-refractivity contribution < 1.29 is 4.79 Å². The van der Waals surface area contributed by atoms with E-state index in [1.54, 1.807) is 25.3 Å². The van der Waals surface area contributed by atoms with Crippen molar-refractivity contribution in [3.63, 3.8) is 0 Å². The minimum atomic E-state index is -0.299.